The standard InChI is InChI=1S/C15H10BrClO2/c16-13(11-7-3-4-8-12(11)17)14-9-5-1-2-6-10(9)15(18)19-14/h1-8,13-14H/t13-,14+/m0/s1. The molecule has 0 unspecified atom stereocenters. The Labute approximate surface area is 124 Å². The minimum atomic E-state index is -0.344. The van der Waals surface area contributed by atoms with Crippen LogP contribution >= 0.6 is 27.5 Å². The van der Waals surface area contributed by atoms with E-state index in [1.54, 1.807) is 6.07 Å². The lowest BCUT2D eigenvalue weighted by molar-refractivity contribution is 0.0384. The van der Waals surface area contributed by atoms with Gasteiger partial charge in [-0.2, -0.15) is 0 Å². The average molecular weight is 338 g/mol. The van der Waals surface area contributed by atoms with Gasteiger partial charge in [0.25, 0.3) is 0 Å². The Balaban J connectivity index is 2.01. The topological polar surface area (TPSA) is 26.3 Å². The molecule has 2 aromatic carbocycles. The van der Waals surface area contributed by atoms with E-state index >= 15 is 0 Å². The molecule has 2 atom stereocenters. The fourth-order valence-corrected chi connectivity index (χ4v) is 3.43. The molecule has 0 spiro atoms. The molecular weight excluding hydrogens is 328 g/mol. The van der Waals surface area contributed by atoms with Crippen LogP contribution < -0.4 is 0 Å². The highest BCUT2D eigenvalue weighted by Crippen LogP contribution is 2.45. The third kappa shape index (κ3) is 2.17. The van der Waals surface area contributed by atoms with Crippen LogP contribution in [0.2, 0.25) is 5.02 Å². The van der Waals surface area contributed by atoms with Gasteiger partial charge in [0.15, 0.2) is 0 Å². The number of hydrogen-bond acceptors (Lipinski definition) is 2. The van der Waals surface area contributed by atoms with Gasteiger partial charge in [0.2, 0.25) is 0 Å². The van der Waals surface area contributed by atoms with Crippen molar-refractivity contribution in [1.82, 2.24) is 0 Å². The molecule has 1 heterocycles. The third-order valence-electron chi connectivity index (χ3n) is 3.19. The highest BCUT2D eigenvalue weighted by Gasteiger charge is 2.36. The van der Waals surface area contributed by atoms with Gasteiger partial charge in [-0.3, -0.25) is 0 Å². The van der Waals surface area contributed by atoms with E-state index in [4.69, 9.17) is 16.3 Å². The predicted molar refractivity (Wildman–Crippen MR) is 77.7 cm³/mol. The van der Waals surface area contributed by atoms with Gasteiger partial charge < -0.3 is 4.74 Å². The number of halogens is 2. The second kappa shape index (κ2) is 4.99. The van der Waals surface area contributed by atoms with E-state index in [0.717, 1.165) is 11.1 Å². The van der Waals surface area contributed by atoms with Crippen molar-refractivity contribution in [1.29, 1.82) is 0 Å². The lowest BCUT2D eigenvalue weighted by atomic mass is 9.99. The van der Waals surface area contributed by atoms with Crippen LogP contribution in [0.4, 0.5) is 0 Å². The van der Waals surface area contributed by atoms with E-state index in [0.29, 0.717) is 10.6 Å². The van der Waals surface area contributed by atoms with Gasteiger partial charge in [0.05, 0.1) is 10.4 Å². The smallest absolute Gasteiger partial charge is 0.339 e. The van der Waals surface area contributed by atoms with Crippen molar-refractivity contribution in [3.05, 3.63) is 70.2 Å². The molecule has 1 aliphatic rings. The summed E-state index contributed by atoms with van der Waals surface area (Å²) in [4.78, 5) is 11.7. The van der Waals surface area contributed by atoms with Crippen LogP contribution in [-0.2, 0) is 4.74 Å². The first-order valence-electron chi connectivity index (χ1n) is 5.87. The van der Waals surface area contributed by atoms with Gasteiger partial charge in [-0.15, -0.1) is 0 Å². The maximum Gasteiger partial charge on any atom is 0.339 e. The fourth-order valence-electron chi connectivity index (χ4n) is 2.25. The van der Waals surface area contributed by atoms with E-state index < -0.39 is 0 Å². The molecule has 0 amide bonds. The normalized spacial score (nSPS) is 18.8. The van der Waals surface area contributed by atoms with Crippen LogP contribution in [0.15, 0.2) is 48.5 Å². The van der Waals surface area contributed by atoms with Crippen LogP contribution in [0.25, 0.3) is 0 Å². The molecule has 0 fully saturated rings. The minimum Gasteiger partial charge on any atom is -0.452 e. The zero-order chi connectivity index (χ0) is 13.4. The number of alkyl halides is 1. The van der Waals surface area contributed by atoms with Gasteiger partial charge in [-0.1, -0.05) is 63.9 Å². The second-order valence-electron chi connectivity index (χ2n) is 4.34. The van der Waals surface area contributed by atoms with E-state index in [9.17, 15) is 4.79 Å². The first kappa shape index (κ1) is 12.7. The van der Waals surface area contributed by atoms with Gasteiger partial charge in [-0.25, -0.2) is 4.79 Å². The van der Waals surface area contributed by atoms with Crippen molar-refractivity contribution in [2.24, 2.45) is 0 Å². The summed E-state index contributed by atoms with van der Waals surface area (Å²) in [7, 11) is 0. The molecule has 0 saturated heterocycles. The number of cyclic esters (lactones) is 1. The Morgan fingerprint density at radius 1 is 1.11 bits per heavy atom. The highest BCUT2D eigenvalue weighted by atomic mass is 79.9. The summed E-state index contributed by atoms with van der Waals surface area (Å²) in [6.07, 6.45) is -0.344. The van der Waals surface area contributed by atoms with Crippen LogP contribution in [0.1, 0.15) is 32.4 Å². The van der Waals surface area contributed by atoms with Gasteiger partial charge in [0.1, 0.15) is 6.10 Å². The van der Waals surface area contributed by atoms with Crippen molar-refractivity contribution in [2.75, 3.05) is 0 Å². The van der Waals surface area contributed by atoms with Gasteiger partial charge >= 0.3 is 5.97 Å². The van der Waals surface area contributed by atoms with Crippen molar-refractivity contribution in [2.45, 2.75) is 10.9 Å². The Morgan fingerprint density at radius 3 is 2.58 bits per heavy atom. The molecule has 4 heteroatoms. The molecule has 3 rings (SSSR count). The molecule has 2 aromatic rings. The van der Waals surface area contributed by atoms with Crippen molar-refractivity contribution in [3.63, 3.8) is 0 Å². The summed E-state index contributed by atoms with van der Waals surface area (Å²) in [5.41, 5.74) is 2.44. The quantitative estimate of drug-likeness (QED) is 0.587. The number of hydrogen-bond donors (Lipinski definition) is 0. The summed E-state index contributed by atoms with van der Waals surface area (Å²) >= 11 is 9.79. The Hall–Kier alpha value is -1.32. The fraction of sp³-hybridized carbons (Fsp3) is 0.133. The van der Waals surface area contributed by atoms with Gasteiger partial charge in [-0.05, 0) is 17.7 Å². The molecule has 0 N–H and O–H groups in total. The molecule has 0 bridgehead atoms. The number of rotatable bonds is 2. The second-order valence-corrected chi connectivity index (χ2v) is 5.73. The maximum atomic E-state index is 11.8. The number of esters is 1. The first-order chi connectivity index (χ1) is 9.18. The number of carbonyl (C=O) groups is 1. The van der Waals surface area contributed by atoms with Gasteiger partial charge in [0, 0.05) is 10.6 Å². The molecule has 19 heavy (non-hydrogen) atoms. The average Bonchev–Trinajstić information content (AvgIpc) is 2.77. The zero-order valence-electron chi connectivity index (χ0n) is 9.85. The molecule has 96 valence electrons. The number of fused-ring (bicyclic) bond motifs is 1. The first-order valence-corrected chi connectivity index (χ1v) is 7.16. The van der Waals surface area contributed by atoms with E-state index in [1.807, 2.05) is 42.5 Å². The Morgan fingerprint density at radius 2 is 1.79 bits per heavy atom. The molecule has 2 nitrogen and oxygen atoms in total. The van der Waals surface area contributed by atoms with Crippen molar-refractivity contribution in [3.8, 4) is 0 Å². The Bertz CT molecular complexity index is 642. The predicted octanol–water partition coefficient (Wildman–Crippen LogP) is 4.69. The Kier molecular flexibility index (Phi) is 3.33. The lowest BCUT2D eigenvalue weighted by Crippen LogP contribution is -2.06. The highest BCUT2D eigenvalue weighted by molar-refractivity contribution is 9.09. The van der Waals surface area contributed by atoms with E-state index in [1.165, 1.54) is 0 Å². The van der Waals surface area contributed by atoms with Crippen LogP contribution in [-0.4, -0.2) is 5.97 Å². The number of benzene rings is 2. The summed E-state index contributed by atoms with van der Waals surface area (Å²) in [6.45, 7) is 0. The summed E-state index contributed by atoms with van der Waals surface area (Å²) in [6, 6.07) is 15.0. The molecule has 0 aliphatic carbocycles. The molecule has 0 saturated carbocycles. The minimum absolute atomic E-state index is 0.159. The van der Waals surface area contributed by atoms with Crippen LogP contribution in [0.3, 0.4) is 0 Å². The summed E-state index contributed by atoms with van der Waals surface area (Å²) < 4.78 is 5.46. The summed E-state index contributed by atoms with van der Waals surface area (Å²) in [5.74, 6) is -0.280. The third-order valence-corrected chi connectivity index (χ3v) is 4.51. The summed E-state index contributed by atoms with van der Waals surface area (Å²) in [5, 5.41) is 0.657. The SMILES string of the molecule is O=C1O[C@@H]([C@@H](Br)c2ccccc2Cl)c2ccccc21. The molecule has 1 aliphatic heterocycles. The van der Waals surface area contributed by atoms with E-state index in [2.05, 4.69) is 15.9 Å². The van der Waals surface area contributed by atoms with E-state index in [-0.39, 0.29) is 16.9 Å². The lowest BCUT2D eigenvalue weighted by Gasteiger charge is -2.19. The maximum absolute atomic E-state index is 11.8. The van der Waals surface area contributed by atoms with Crippen molar-refractivity contribution >= 4 is 33.5 Å². The number of ether oxygens (including phenoxy) is 1. The van der Waals surface area contributed by atoms with Crippen LogP contribution in [0.5, 0.6) is 0 Å². The monoisotopic (exact) mass is 336 g/mol. The molecular formula is C15H10BrClO2. The largest absolute Gasteiger partial charge is 0.452 e. The molecule has 0 radical (unpaired) electrons. The van der Waals surface area contributed by atoms with Crippen LogP contribution in [0, 0.1) is 0 Å². The number of carbonyl (C=O) groups excluding carboxylic acids is 1. The van der Waals surface area contributed by atoms with Crippen molar-refractivity contribution < 1.29 is 9.53 Å². The zero-order valence-corrected chi connectivity index (χ0v) is 12.2. The molecule has 0 aromatic heterocycles.